The molecule has 220 valence electrons. The molecule has 5 nitrogen and oxygen atoms in total. The number of hydrogen-bond donors (Lipinski definition) is 0. The molecule has 0 spiro atoms. The quantitative estimate of drug-likeness (QED) is 0.196. The summed E-state index contributed by atoms with van der Waals surface area (Å²) in [7, 11) is 0. The van der Waals surface area contributed by atoms with Crippen LogP contribution in [0.15, 0.2) is 162 Å². The number of aromatic nitrogens is 4. The van der Waals surface area contributed by atoms with Crippen molar-refractivity contribution in [2.45, 2.75) is 0 Å². The average Bonchev–Trinajstić information content (AvgIpc) is 3.55. The predicted octanol–water partition coefficient (Wildman–Crippen LogP) is 10.7. The van der Waals surface area contributed by atoms with Gasteiger partial charge >= 0.3 is 0 Å². The van der Waals surface area contributed by atoms with Crippen LogP contribution in [0.4, 0.5) is 0 Å². The molecular formula is C42H26N4O. The minimum atomic E-state index is 0.621. The third-order valence-corrected chi connectivity index (χ3v) is 8.53. The van der Waals surface area contributed by atoms with Crippen LogP contribution in [0, 0.1) is 0 Å². The second kappa shape index (κ2) is 11.2. The van der Waals surface area contributed by atoms with Crippen molar-refractivity contribution in [3.05, 3.63) is 158 Å². The summed E-state index contributed by atoms with van der Waals surface area (Å²) in [4.78, 5) is 19.9. The second-order valence-corrected chi connectivity index (χ2v) is 11.4. The van der Waals surface area contributed by atoms with Crippen molar-refractivity contribution in [1.82, 2.24) is 19.9 Å². The fourth-order valence-corrected chi connectivity index (χ4v) is 6.29. The molecule has 0 radical (unpaired) electrons. The summed E-state index contributed by atoms with van der Waals surface area (Å²) >= 11 is 0. The van der Waals surface area contributed by atoms with Crippen LogP contribution in [-0.4, -0.2) is 19.9 Å². The van der Waals surface area contributed by atoms with Crippen molar-refractivity contribution in [1.29, 1.82) is 0 Å². The Balaban J connectivity index is 1.21. The van der Waals surface area contributed by atoms with E-state index in [9.17, 15) is 0 Å². The molecule has 0 atom stereocenters. The third-order valence-electron chi connectivity index (χ3n) is 8.53. The fourth-order valence-electron chi connectivity index (χ4n) is 6.29. The lowest BCUT2D eigenvalue weighted by Gasteiger charge is -2.12. The first-order chi connectivity index (χ1) is 23.3. The molecule has 0 saturated carbocycles. The van der Waals surface area contributed by atoms with Crippen LogP contribution in [0.1, 0.15) is 0 Å². The van der Waals surface area contributed by atoms with Gasteiger partial charge in [-0.25, -0.2) is 19.9 Å². The Hall–Kier alpha value is -6.46. The summed E-state index contributed by atoms with van der Waals surface area (Å²) < 4.78 is 6.63. The zero-order valence-electron chi connectivity index (χ0n) is 25.2. The SMILES string of the molecule is c1ccc(-c2nc(-c3ccccc3)nc(-c3ccc(-c4cccc5nc(-c6ccccc6)c6c7ccccc7oc6c45)cc3)n2)cc1. The van der Waals surface area contributed by atoms with Gasteiger partial charge in [0.1, 0.15) is 11.2 Å². The van der Waals surface area contributed by atoms with E-state index in [-0.39, 0.29) is 0 Å². The van der Waals surface area contributed by atoms with Gasteiger partial charge in [0.25, 0.3) is 0 Å². The Morgan fingerprint density at radius 1 is 0.362 bits per heavy atom. The molecule has 0 aliphatic rings. The number of para-hydroxylation sites is 1. The average molecular weight is 603 g/mol. The van der Waals surface area contributed by atoms with Crippen LogP contribution in [0.5, 0.6) is 0 Å². The van der Waals surface area contributed by atoms with Crippen LogP contribution >= 0.6 is 0 Å². The highest BCUT2D eigenvalue weighted by molar-refractivity contribution is 6.22. The van der Waals surface area contributed by atoms with E-state index in [1.165, 1.54) is 0 Å². The maximum absolute atomic E-state index is 6.63. The lowest BCUT2D eigenvalue weighted by atomic mass is 9.96. The van der Waals surface area contributed by atoms with E-state index in [0.717, 1.165) is 71.9 Å². The maximum atomic E-state index is 6.63. The van der Waals surface area contributed by atoms with Gasteiger partial charge in [0, 0.05) is 27.6 Å². The van der Waals surface area contributed by atoms with Gasteiger partial charge in [-0.05, 0) is 23.3 Å². The highest BCUT2D eigenvalue weighted by Gasteiger charge is 2.20. The van der Waals surface area contributed by atoms with Crippen molar-refractivity contribution in [3.63, 3.8) is 0 Å². The molecule has 0 aliphatic carbocycles. The van der Waals surface area contributed by atoms with Gasteiger partial charge in [0.05, 0.1) is 22.0 Å². The number of hydrogen-bond acceptors (Lipinski definition) is 5. The van der Waals surface area contributed by atoms with Crippen molar-refractivity contribution < 1.29 is 4.42 Å². The zero-order chi connectivity index (χ0) is 31.2. The molecule has 0 fully saturated rings. The largest absolute Gasteiger partial charge is 0.455 e. The van der Waals surface area contributed by atoms with Crippen molar-refractivity contribution in [2.24, 2.45) is 0 Å². The Labute approximate surface area is 270 Å². The third kappa shape index (κ3) is 4.73. The maximum Gasteiger partial charge on any atom is 0.164 e. The number of nitrogens with zero attached hydrogens (tertiary/aromatic N) is 4. The zero-order valence-corrected chi connectivity index (χ0v) is 25.2. The molecule has 9 aromatic rings. The molecule has 6 aromatic carbocycles. The Bertz CT molecular complexity index is 2490. The molecule has 0 bridgehead atoms. The van der Waals surface area contributed by atoms with Gasteiger partial charge in [-0.1, -0.05) is 146 Å². The van der Waals surface area contributed by atoms with E-state index in [1.54, 1.807) is 0 Å². The molecule has 5 heteroatoms. The number of benzene rings is 6. The van der Waals surface area contributed by atoms with Crippen molar-refractivity contribution >= 4 is 32.8 Å². The smallest absolute Gasteiger partial charge is 0.164 e. The van der Waals surface area contributed by atoms with Crippen LogP contribution < -0.4 is 0 Å². The monoisotopic (exact) mass is 602 g/mol. The molecule has 0 aliphatic heterocycles. The van der Waals surface area contributed by atoms with E-state index in [0.29, 0.717) is 17.5 Å². The lowest BCUT2D eigenvalue weighted by Crippen LogP contribution is -2.00. The standard InChI is InChI=1S/C42H26N4O/c1-4-13-28(14-5-1)38-37-33-19-10-11-22-35(33)47-39(37)36-32(20-12-21-34(36)43-38)27-23-25-31(26-24-27)42-45-40(29-15-6-2-7-16-29)44-41(46-42)30-17-8-3-9-18-30/h1-26H. The number of pyridine rings is 1. The van der Waals surface area contributed by atoms with Gasteiger partial charge in [-0.2, -0.15) is 0 Å². The number of furan rings is 1. The number of fused-ring (bicyclic) bond motifs is 5. The summed E-state index contributed by atoms with van der Waals surface area (Å²) in [5, 5.41) is 3.07. The molecule has 9 rings (SSSR count). The molecule has 0 amide bonds. The van der Waals surface area contributed by atoms with Crippen LogP contribution in [-0.2, 0) is 0 Å². The minimum absolute atomic E-state index is 0.621. The first-order valence-corrected chi connectivity index (χ1v) is 15.6. The molecule has 47 heavy (non-hydrogen) atoms. The Morgan fingerprint density at radius 3 is 1.49 bits per heavy atom. The number of rotatable bonds is 5. The first kappa shape index (κ1) is 26.9. The van der Waals surface area contributed by atoms with E-state index in [2.05, 4.69) is 66.7 Å². The van der Waals surface area contributed by atoms with Gasteiger partial charge in [0.15, 0.2) is 17.5 Å². The molecule has 0 N–H and O–H groups in total. The molecule has 0 saturated heterocycles. The first-order valence-electron chi connectivity index (χ1n) is 15.6. The topological polar surface area (TPSA) is 64.7 Å². The summed E-state index contributed by atoms with van der Waals surface area (Å²) in [5.41, 5.74) is 9.44. The molecular weight excluding hydrogens is 576 g/mol. The van der Waals surface area contributed by atoms with Crippen LogP contribution in [0.3, 0.4) is 0 Å². The summed E-state index contributed by atoms with van der Waals surface area (Å²) in [6.45, 7) is 0. The van der Waals surface area contributed by atoms with E-state index >= 15 is 0 Å². The van der Waals surface area contributed by atoms with Gasteiger partial charge in [-0.3, -0.25) is 0 Å². The Morgan fingerprint density at radius 2 is 0.872 bits per heavy atom. The molecule has 3 aromatic heterocycles. The second-order valence-electron chi connectivity index (χ2n) is 11.4. The van der Waals surface area contributed by atoms with Gasteiger partial charge in [-0.15, -0.1) is 0 Å². The summed E-state index contributed by atoms with van der Waals surface area (Å²) in [5.74, 6) is 1.90. The van der Waals surface area contributed by atoms with E-state index < -0.39 is 0 Å². The lowest BCUT2D eigenvalue weighted by molar-refractivity contribution is 0.672. The van der Waals surface area contributed by atoms with E-state index in [1.807, 2.05) is 91.0 Å². The van der Waals surface area contributed by atoms with E-state index in [4.69, 9.17) is 24.4 Å². The minimum Gasteiger partial charge on any atom is -0.455 e. The van der Waals surface area contributed by atoms with Crippen LogP contribution in [0.25, 0.3) is 89.4 Å². The van der Waals surface area contributed by atoms with Gasteiger partial charge in [0.2, 0.25) is 0 Å². The van der Waals surface area contributed by atoms with Gasteiger partial charge < -0.3 is 4.42 Å². The highest BCUT2D eigenvalue weighted by Crippen LogP contribution is 2.42. The highest BCUT2D eigenvalue weighted by atomic mass is 16.3. The molecule has 3 heterocycles. The fraction of sp³-hybridized carbons (Fsp3) is 0. The van der Waals surface area contributed by atoms with Crippen molar-refractivity contribution in [3.8, 4) is 56.5 Å². The molecule has 0 unspecified atom stereocenters. The normalized spacial score (nSPS) is 11.4. The van der Waals surface area contributed by atoms with Crippen molar-refractivity contribution in [2.75, 3.05) is 0 Å². The van der Waals surface area contributed by atoms with Crippen LogP contribution in [0.2, 0.25) is 0 Å². The summed E-state index contributed by atoms with van der Waals surface area (Å²) in [6.07, 6.45) is 0. The summed E-state index contributed by atoms with van der Waals surface area (Å²) in [6, 6.07) is 53.2. The Kier molecular flexibility index (Phi) is 6.39. The predicted molar refractivity (Wildman–Crippen MR) is 190 cm³/mol.